The molecule has 1 amide bonds. The number of aliphatic hydroxyl groups excluding tert-OH is 1. The number of aryl methyl sites for hydroxylation is 1. The van der Waals surface area contributed by atoms with Crippen LogP contribution < -0.4 is 10.1 Å². The second kappa shape index (κ2) is 7.60. The Morgan fingerprint density at radius 2 is 2.09 bits per heavy atom. The number of aliphatic hydroxyl groups is 1. The van der Waals surface area contributed by atoms with Gasteiger partial charge >= 0.3 is 6.09 Å². The van der Waals surface area contributed by atoms with Crippen molar-refractivity contribution in [2.75, 3.05) is 12.4 Å². The molecule has 0 heterocycles. The van der Waals surface area contributed by atoms with Crippen LogP contribution in [0, 0.1) is 12.7 Å². The lowest BCUT2D eigenvalue weighted by Crippen LogP contribution is -2.14. The van der Waals surface area contributed by atoms with Crippen molar-refractivity contribution in [3.05, 3.63) is 58.9 Å². The van der Waals surface area contributed by atoms with Crippen LogP contribution in [0.15, 0.2) is 36.4 Å². The number of hydrogen-bond acceptors (Lipinski definition) is 4. The molecule has 23 heavy (non-hydrogen) atoms. The number of benzene rings is 2. The van der Waals surface area contributed by atoms with E-state index < -0.39 is 11.9 Å². The third kappa shape index (κ3) is 4.20. The highest BCUT2D eigenvalue weighted by atomic mass is 19.1. The Kier molecular flexibility index (Phi) is 5.54. The van der Waals surface area contributed by atoms with Crippen molar-refractivity contribution in [1.82, 2.24) is 0 Å². The van der Waals surface area contributed by atoms with Gasteiger partial charge in [-0.1, -0.05) is 18.2 Å². The number of hydrogen-bond donors (Lipinski definition) is 2. The van der Waals surface area contributed by atoms with Gasteiger partial charge in [0.15, 0.2) is 11.6 Å². The Labute approximate surface area is 133 Å². The molecular formula is C17H18FNO4. The Morgan fingerprint density at radius 1 is 1.30 bits per heavy atom. The predicted molar refractivity (Wildman–Crippen MR) is 83.9 cm³/mol. The molecule has 0 aliphatic heterocycles. The molecular weight excluding hydrogens is 301 g/mol. The molecule has 2 N–H and O–H groups in total. The molecule has 2 rings (SSSR count). The van der Waals surface area contributed by atoms with Crippen LogP contribution in [0.2, 0.25) is 0 Å². The fourth-order valence-electron chi connectivity index (χ4n) is 2.10. The smallest absolute Gasteiger partial charge is 0.411 e. The number of carbonyl (C=O) groups is 1. The van der Waals surface area contributed by atoms with Gasteiger partial charge in [0.05, 0.1) is 19.4 Å². The summed E-state index contributed by atoms with van der Waals surface area (Å²) >= 11 is 0. The second-order valence-electron chi connectivity index (χ2n) is 4.94. The molecule has 2 aromatic rings. The summed E-state index contributed by atoms with van der Waals surface area (Å²) in [5.74, 6) is -0.360. The molecule has 0 radical (unpaired) electrons. The highest BCUT2D eigenvalue weighted by molar-refractivity contribution is 5.85. The summed E-state index contributed by atoms with van der Waals surface area (Å²) in [7, 11) is 1.25. The number of amides is 1. The Morgan fingerprint density at radius 3 is 2.74 bits per heavy atom. The van der Waals surface area contributed by atoms with E-state index in [1.165, 1.54) is 13.2 Å². The zero-order chi connectivity index (χ0) is 16.8. The summed E-state index contributed by atoms with van der Waals surface area (Å²) in [4.78, 5) is 11.4. The van der Waals surface area contributed by atoms with Gasteiger partial charge < -0.3 is 14.6 Å². The van der Waals surface area contributed by atoms with E-state index in [-0.39, 0.29) is 19.0 Å². The molecule has 6 heteroatoms. The van der Waals surface area contributed by atoms with Crippen LogP contribution in [0.25, 0.3) is 0 Å². The molecule has 2 aromatic carbocycles. The lowest BCUT2D eigenvalue weighted by molar-refractivity contribution is 0.187. The number of ether oxygens (including phenoxy) is 2. The molecule has 0 bridgehead atoms. The van der Waals surface area contributed by atoms with Crippen molar-refractivity contribution in [3.63, 3.8) is 0 Å². The highest BCUT2D eigenvalue weighted by Crippen LogP contribution is 2.25. The second-order valence-corrected chi connectivity index (χ2v) is 4.94. The van der Waals surface area contributed by atoms with Gasteiger partial charge in [-0.15, -0.1) is 0 Å². The molecule has 0 aromatic heterocycles. The number of carbonyl (C=O) groups excluding carboxylic acids is 1. The molecule has 0 spiro atoms. The van der Waals surface area contributed by atoms with Crippen LogP contribution in [0.5, 0.6) is 5.75 Å². The fraction of sp³-hybridized carbons (Fsp3) is 0.235. The van der Waals surface area contributed by atoms with Crippen LogP contribution in [-0.2, 0) is 18.0 Å². The van der Waals surface area contributed by atoms with Gasteiger partial charge in [0.25, 0.3) is 0 Å². The van der Waals surface area contributed by atoms with Crippen LogP contribution in [0.1, 0.15) is 16.7 Å². The minimum Gasteiger partial charge on any atom is -0.486 e. The first kappa shape index (κ1) is 16.8. The van der Waals surface area contributed by atoms with Crippen LogP contribution in [0.3, 0.4) is 0 Å². The summed E-state index contributed by atoms with van der Waals surface area (Å²) < 4.78 is 23.9. The minimum atomic E-state index is -0.636. The van der Waals surface area contributed by atoms with Gasteiger partial charge in [0.1, 0.15) is 6.61 Å². The van der Waals surface area contributed by atoms with Gasteiger partial charge in [0.2, 0.25) is 0 Å². The normalized spacial score (nSPS) is 10.3. The average Bonchev–Trinajstić information content (AvgIpc) is 2.54. The van der Waals surface area contributed by atoms with Gasteiger partial charge in [-0.05, 0) is 36.2 Å². The number of halogens is 1. The largest absolute Gasteiger partial charge is 0.486 e. The lowest BCUT2D eigenvalue weighted by Gasteiger charge is -2.15. The summed E-state index contributed by atoms with van der Waals surface area (Å²) in [5.41, 5.74) is 2.36. The zero-order valence-electron chi connectivity index (χ0n) is 12.9. The molecule has 122 valence electrons. The Hall–Kier alpha value is -2.60. The third-order valence-corrected chi connectivity index (χ3v) is 3.32. The van der Waals surface area contributed by atoms with E-state index in [2.05, 4.69) is 10.1 Å². The molecule has 0 fully saturated rings. The SMILES string of the molecule is COC(=O)Nc1cccc(CO)c1COc1ccc(C)cc1F. The van der Waals surface area contributed by atoms with E-state index >= 15 is 0 Å². The Balaban J connectivity index is 2.24. The molecule has 0 unspecified atom stereocenters. The quantitative estimate of drug-likeness (QED) is 0.886. The predicted octanol–water partition coefficient (Wildman–Crippen LogP) is 3.38. The van der Waals surface area contributed by atoms with E-state index in [0.717, 1.165) is 5.56 Å². The van der Waals surface area contributed by atoms with Gasteiger partial charge in [0, 0.05) is 5.56 Å². The van der Waals surface area contributed by atoms with Crippen molar-refractivity contribution in [2.45, 2.75) is 20.1 Å². The molecule has 5 nitrogen and oxygen atoms in total. The van der Waals surface area contributed by atoms with E-state index in [0.29, 0.717) is 16.8 Å². The molecule has 0 saturated carbocycles. The first-order valence-corrected chi connectivity index (χ1v) is 7.00. The van der Waals surface area contributed by atoms with Crippen LogP contribution in [0.4, 0.5) is 14.9 Å². The fourth-order valence-corrected chi connectivity index (χ4v) is 2.10. The maximum atomic E-state index is 13.8. The van der Waals surface area contributed by atoms with Crippen LogP contribution in [-0.4, -0.2) is 18.3 Å². The monoisotopic (exact) mass is 319 g/mol. The number of rotatable bonds is 5. The molecule has 0 aliphatic rings. The summed E-state index contributed by atoms with van der Waals surface area (Å²) in [5, 5.41) is 12.0. The summed E-state index contributed by atoms with van der Waals surface area (Å²) in [6.45, 7) is 1.55. The maximum absolute atomic E-state index is 13.8. The highest BCUT2D eigenvalue weighted by Gasteiger charge is 2.13. The van der Waals surface area contributed by atoms with E-state index in [1.807, 2.05) is 0 Å². The first-order chi connectivity index (χ1) is 11.0. The standard InChI is InChI=1S/C17H18FNO4/c1-11-6-7-16(14(18)8-11)23-10-13-12(9-20)4-3-5-15(13)19-17(21)22-2/h3-8,20H,9-10H2,1-2H3,(H,19,21). The van der Waals surface area contributed by atoms with Gasteiger partial charge in [-0.25, -0.2) is 9.18 Å². The van der Waals surface area contributed by atoms with Crippen molar-refractivity contribution in [2.24, 2.45) is 0 Å². The number of nitrogens with one attached hydrogen (secondary N) is 1. The first-order valence-electron chi connectivity index (χ1n) is 7.00. The van der Waals surface area contributed by atoms with Crippen molar-refractivity contribution in [1.29, 1.82) is 0 Å². The number of methoxy groups -OCH3 is 1. The number of anilines is 1. The van der Waals surface area contributed by atoms with Crippen LogP contribution >= 0.6 is 0 Å². The van der Waals surface area contributed by atoms with E-state index in [9.17, 15) is 14.3 Å². The van der Waals surface area contributed by atoms with E-state index in [1.54, 1.807) is 37.3 Å². The minimum absolute atomic E-state index is 0.00393. The van der Waals surface area contributed by atoms with E-state index in [4.69, 9.17) is 4.74 Å². The summed E-state index contributed by atoms with van der Waals surface area (Å²) in [6.07, 6.45) is -0.636. The maximum Gasteiger partial charge on any atom is 0.411 e. The van der Waals surface area contributed by atoms with Gasteiger partial charge in [-0.2, -0.15) is 0 Å². The van der Waals surface area contributed by atoms with Crippen molar-refractivity contribution < 1.29 is 23.8 Å². The molecule has 0 saturated heterocycles. The van der Waals surface area contributed by atoms with Gasteiger partial charge in [-0.3, -0.25) is 5.32 Å². The van der Waals surface area contributed by atoms with Crippen molar-refractivity contribution in [3.8, 4) is 5.75 Å². The lowest BCUT2D eigenvalue weighted by atomic mass is 10.1. The third-order valence-electron chi connectivity index (χ3n) is 3.32. The Bertz CT molecular complexity index is 703. The molecule has 0 atom stereocenters. The van der Waals surface area contributed by atoms with Crippen molar-refractivity contribution >= 4 is 11.8 Å². The average molecular weight is 319 g/mol. The zero-order valence-corrected chi connectivity index (χ0v) is 12.9. The summed E-state index contributed by atoms with van der Waals surface area (Å²) in [6, 6.07) is 9.70. The molecule has 0 aliphatic carbocycles. The topological polar surface area (TPSA) is 67.8 Å².